The maximum absolute atomic E-state index is 2.41. The minimum atomic E-state index is 0.953. The molecular formula is C60H45N. The van der Waals surface area contributed by atoms with E-state index in [9.17, 15) is 0 Å². The summed E-state index contributed by atoms with van der Waals surface area (Å²) in [4.78, 5) is 0. The van der Waals surface area contributed by atoms with E-state index in [-0.39, 0.29) is 0 Å². The van der Waals surface area contributed by atoms with Crippen molar-refractivity contribution in [2.75, 3.05) is 0 Å². The minimum absolute atomic E-state index is 0.953. The number of fused-ring (bicyclic) bond motifs is 5. The summed E-state index contributed by atoms with van der Waals surface area (Å²) in [6, 6.07) is 76.5. The Balaban J connectivity index is 0.940. The molecule has 0 fully saturated rings. The molecular weight excluding hydrogens is 735 g/mol. The first-order valence-electron chi connectivity index (χ1n) is 21.5. The van der Waals surface area contributed by atoms with Crippen LogP contribution in [0.2, 0.25) is 0 Å². The number of aryl methyl sites for hydroxylation is 3. The van der Waals surface area contributed by atoms with E-state index < -0.39 is 0 Å². The normalized spacial score (nSPS) is 11.6. The van der Waals surface area contributed by atoms with E-state index >= 15 is 0 Å². The highest BCUT2D eigenvalue weighted by atomic mass is 15.0. The molecule has 0 aliphatic rings. The van der Waals surface area contributed by atoms with Gasteiger partial charge in [-0.05, 0) is 127 Å². The van der Waals surface area contributed by atoms with Gasteiger partial charge < -0.3 is 4.57 Å². The fourth-order valence-electron chi connectivity index (χ4n) is 9.65. The molecule has 61 heavy (non-hydrogen) atoms. The smallest absolute Gasteiger partial charge is 0.0491 e. The number of hydrogen-bond acceptors (Lipinski definition) is 0. The van der Waals surface area contributed by atoms with Crippen molar-refractivity contribution in [2.24, 2.45) is 0 Å². The Hall–Kier alpha value is -7.48. The Morgan fingerprint density at radius 3 is 1.13 bits per heavy atom. The fourth-order valence-corrected chi connectivity index (χ4v) is 9.65. The Morgan fingerprint density at radius 2 is 0.656 bits per heavy atom. The number of benzene rings is 10. The van der Waals surface area contributed by atoms with Gasteiger partial charge in [-0.1, -0.05) is 199 Å². The van der Waals surface area contributed by atoms with Crippen LogP contribution in [0, 0.1) is 13.8 Å². The SMILES string of the molecule is CCn1c2ccccc2c2cc(-c3ccc(-c4ccc(-c5c6ccc(C)cc6c(-c6ccc(-c7ccc(-c8ccccc8)cc7)cc6)c6ccc(C)cc56)cc4)cc3)ccc21. The van der Waals surface area contributed by atoms with E-state index in [1.807, 2.05) is 0 Å². The molecule has 0 N–H and O–H groups in total. The Kier molecular flexibility index (Phi) is 8.98. The molecule has 1 heteroatoms. The number of hydrogen-bond donors (Lipinski definition) is 0. The van der Waals surface area contributed by atoms with Gasteiger partial charge in [0.1, 0.15) is 0 Å². The number of nitrogens with zero attached hydrogens (tertiary/aromatic N) is 1. The summed E-state index contributed by atoms with van der Waals surface area (Å²) >= 11 is 0. The zero-order valence-corrected chi connectivity index (χ0v) is 34.8. The standard InChI is InChI=1S/C60H45N/c1-4-61-57-13-9-8-12-51(57)54-38-50(32-35-58(54)61)47-22-20-44(21-23-47)46-26-30-49(31-27-46)60-53-34-15-39(2)36-55(53)59(52-33-14-40(3)37-56(52)60)48-28-24-45(25-29-48)43-18-16-42(17-19-43)41-10-6-5-7-11-41/h5-38H,4H2,1-3H3. The van der Waals surface area contributed by atoms with Crippen molar-refractivity contribution in [3.05, 3.63) is 217 Å². The molecule has 1 heterocycles. The lowest BCUT2D eigenvalue weighted by atomic mass is 9.84. The van der Waals surface area contributed by atoms with Crippen molar-refractivity contribution in [2.45, 2.75) is 27.3 Å². The quantitative estimate of drug-likeness (QED) is 0.142. The largest absolute Gasteiger partial charge is 0.341 e. The second-order valence-corrected chi connectivity index (χ2v) is 16.5. The molecule has 0 atom stereocenters. The van der Waals surface area contributed by atoms with Crippen LogP contribution in [0.4, 0.5) is 0 Å². The van der Waals surface area contributed by atoms with Gasteiger partial charge in [-0.15, -0.1) is 0 Å². The predicted molar refractivity (Wildman–Crippen MR) is 262 cm³/mol. The van der Waals surface area contributed by atoms with Crippen molar-refractivity contribution in [3.63, 3.8) is 0 Å². The molecule has 0 unspecified atom stereocenters. The third-order valence-corrected chi connectivity index (χ3v) is 12.7. The van der Waals surface area contributed by atoms with Gasteiger partial charge in [0.2, 0.25) is 0 Å². The van der Waals surface area contributed by atoms with Crippen molar-refractivity contribution in [3.8, 4) is 66.8 Å². The van der Waals surface area contributed by atoms with Gasteiger partial charge in [-0.25, -0.2) is 0 Å². The molecule has 290 valence electrons. The molecule has 10 aromatic carbocycles. The van der Waals surface area contributed by atoms with Crippen LogP contribution < -0.4 is 0 Å². The Labute approximate surface area is 357 Å². The zero-order chi connectivity index (χ0) is 41.0. The van der Waals surface area contributed by atoms with Gasteiger partial charge in [-0.2, -0.15) is 0 Å². The second-order valence-electron chi connectivity index (χ2n) is 16.5. The number of rotatable bonds is 7. The summed E-state index contributed by atoms with van der Waals surface area (Å²) < 4.78 is 2.41. The maximum atomic E-state index is 2.41. The van der Waals surface area contributed by atoms with Crippen molar-refractivity contribution in [1.82, 2.24) is 4.57 Å². The van der Waals surface area contributed by atoms with Crippen LogP contribution in [-0.4, -0.2) is 4.57 Å². The first-order chi connectivity index (χ1) is 30.0. The van der Waals surface area contributed by atoms with Gasteiger partial charge in [0, 0.05) is 28.4 Å². The van der Waals surface area contributed by atoms with E-state index in [2.05, 4.69) is 232 Å². The highest BCUT2D eigenvalue weighted by Gasteiger charge is 2.18. The van der Waals surface area contributed by atoms with Crippen molar-refractivity contribution in [1.29, 1.82) is 0 Å². The first-order valence-corrected chi connectivity index (χ1v) is 21.5. The molecule has 0 saturated carbocycles. The fraction of sp³-hybridized carbons (Fsp3) is 0.0667. The lowest BCUT2D eigenvalue weighted by Crippen LogP contribution is -1.92. The maximum Gasteiger partial charge on any atom is 0.0491 e. The molecule has 0 aliphatic heterocycles. The van der Waals surface area contributed by atoms with Crippen molar-refractivity contribution >= 4 is 43.4 Å². The van der Waals surface area contributed by atoms with Crippen molar-refractivity contribution < 1.29 is 0 Å². The molecule has 0 radical (unpaired) electrons. The zero-order valence-electron chi connectivity index (χ0n) is 34.8. The molecule has 0 saturated heterocycles. The summed E-state index contributed by atoms with van der Waals surface area (Å²) in [5.41, 5.74) is 19.9. The van der Waals surface area contributed by atoms with E-state index in [1.54, 1.807) is 0 Å². The monoisotopic (exact) mass is 779 g/mol. The van der Waals surface area contributed by atoms with E-state index in [0.29, 0.717) is 0 Å². The Bertz CT molecular complexity index is 3410. The molecule has 0 amide bonds. The molecule has 0 aliphatic carbocycles. The molecule has 0 spiro atoms. The molecule has 1 nitrogen and oxygen atoms in total. The molecule has 0 bridgehead atoms. The van der Waals surface area contributed by atoms with Gasteiger partial charge >= 0.3 is 0 Å². The lowest BCUT2D eigenvalue weighted by molar-refractivity contribution is 0.827. The van der Waals surface area contributed by atoms with Crippen LogP contribution in [0.15, 0.2) is 206 Å². The van der Waals surface area contributed by atoms with Crippen LogP contribution >= 0.6 is 0 Å². The van der Waals surface area contributed by atoms with E-state index in [1.165, 1.54) is 121 Å². The molecule has 11 rings (SSSR count). The predicted octanol–water partition coefficient (Wildman–Crippen LogP) is 16.7. The van der Waals surface area contributed by atoms with Gasteiger partial charge in [0.05, 0.1) is 0 Å². The summed E-state index contributed by atoms with van der Waals surface area (Å²) in [5.74, 6) is 0. The minimum Gasteiger partial charge on any atom is -0.341 e. The summed E-state index contributed by atoms with van der Waals surface area (Å²) in [6.07, 6.45) is 0. The highest BCUT2D eigenvalue weighted by molar-refractivity contribution is 6.21. The average molecular weight is 780 g/mol. The van der Waals surface area contributed by atoms with E-state index in [0.717, 1.165) is 6.54 Å². The van der Waals surface area contributed by atoms with Crippen LogP contribution in [0.5, 0.6) is 0 Å². The van der Waals surface area contributed by atoms with Gasteiger partial charge in [0.15, 0.2) is 0 Å². The van der Waals surface area contributed by atoms with Crippen LogP contribution in [0.3, 0.4) is 0 Å². The Morgan fingerprint density at radius 1 is 0.279 bits per heavy atom. The second kappa shape index (κ2) is 15.0. The highest BCUT2D eigenvalue weighted by Crippen LogP contribution is 2.45. The number of para-hydroxylation sites is 1. The molecule has 1 aromatic heterocycles. The van der Waals surface area contributed by atoms with Gasteiger partial charge in [0.25, 0.3) is 0 Å². The third-order valence-electron chi connectivity index (χ3n) is 12.7. The third kappa shape index (κ3) is 6.42. The summed E-state index contributed by atoms with van der Waals surface area (Å²) in [6.45, 7) is 7.58. The summed E-state index contributed by atoms with van der Waals surface area (Å²) in [5, 5.41) is 7.73. The van der Waals surface area contributed by atoms with E-state index in [4.69, 9.17) is 0 Å². The average Bonchev–Trinajstić information content (AvgIpc) is 3.64. The topological polar surface area (TPSA) is 4.93 Å². The summed E-state index contributed by atoms with van der Waals surface area (Å²) in [7, 11) is 0. The van der Waals surface area contributed by atoms with Crippen LogP contribution in [0.1, 0.15) is 18.1 Å². The van der Waals surface area contributed by atoms with Gasteiger partial charge in [-0.3, -0.25) is 0 Å². The lowest BCUT2D eigenvalue weighted by Gasteiger charge is -2.19. The number of aromatic nitrogens is 1. The van der Waals surface area contributed by atoms with Crippen LogP contribution in [0.25, 0.3) is 110 Å². The first kappa shape index (κ1) is 36.6. The molecule has 11 aromatic rings. The van der Waals surface area contributed by atoms with Crippen LogP contribution in [-0.2, 0) is 6.54 Å².